The first-order chi connectivity index (χ1) is 15.0. The van der Waals surface area contributed by atoms with E-state index in [9.17, 15) is 4.39 Å². The zero-order chi connectivity index (χ0) is 21.5. The largest absolute Gasteiger partial charge is 0.366 e. The van der Waals surface area contributed by atoms with Gasteiger partial charge in [0.2, 0.25) is 5.95 Å². The quantitative estimate of drug-likeness (QED) is 0.475. The molecule has 31 heavy (non-hydrogen) atoms. The first-order valence-corrected chi connectivity index (χ1v) is 9.87. The number of aromatic nitrogens is 6. The SMILES string of the molecule is Cc1ncc(-c2ccn3nc(N)nc3c2)cc1-c1cnn(C(C)c2ccc(F)cc2)c1. The minimum Gasteiger partial charge on any atom is -0.366 e. The van der Waals surface area contributed by atoms with Gasteiger partial charge >= 0.3 is 0 Å². The lowest BCUT2D eigenvalue weighted by atomic mass is 10.0. The summed E-state index contributed by atoms with van der Waals surface area (Å²) in [5, 5.41) is 8.65. The zero-order valence-corrected chi connectivity index (χ0v) is 17.1. The molecule has 0 fully saturated rings. The monoisotopic (exact) mass is 413 g/mol. The van der Waals surface area contributed by atoms with E-state index in [0.717, 1.165) is 33.5 Å². The second-order valence-corrected chi connectivity index (χ2v) is 7.48. The van der Waals surface area contributed by atoms with Crippen molar-refractivity contribution in [3.05, 3.63) is 84.3 Å². The molecule has 0 saturated heterocycles. The average Bonchev–Trinajstić information content (AvgIpc) is 3.39. The van der Waals surface area contributed by atoms with E-state index in [4.69, 9.17) is 5.73 Å². The lowest BCUT2D eigenvalue weighted by molar-refractivity contribution is 0.561. The van der Waals surface area contributed by atoms with Gasteiger partial charge in [0.1, 0.15) is 5.82 Å². The van der Waals surface area contributed by atoms with E-state index in [-0.39, 0.29) is 17.8 Å². The molecule has 5 rings (SSSR count). The Morgan fingerprint density at radius 2 is 1.81 bits per heavy atom. The standard InChI is InChI=1S/C23H20FN7/c1-14-21(19-12-27-31(13-19)15(2)16-3-5-20(24)6-4-16)9-18(11-26-14)17-7-8-30-22(10-17)28-23(25)29-30/h3-13,15H,1-2H3,(H2,25,29). The van der Waals surface area contributed by atoms with Crippen LogP contribution in [-0.2, 0) is 0 Å². The van der Waals surface area contributed by atoms with E-state index in [1.165, 1.54) is 12.1 Å². The number of benzene rings is 1. The second kappa shape index (κ2) is 7.32. The van der Waals surface area contributed by atoms with Gasteiger partial charge in [-0.3, -0.25) is 9.67 Å². The Bertz CT molecular complexity index is 1390. The van der Waals surface area contributed by atoms with Crippen LogP contribution in [0.5, 0.6) is 0 Å². The van der Waals surface area contributed by atoms with E-state index >= 15 is 0 Å². The van der Waals surface area contributed by atoms with Crippen molar-refractivity contribution in [2.45, 2.75) is 19.9 Å². The number of nitrogens with two attached hydrogens (primary N) is 1. The molecule has 7 nitrogen and oxygen atoms in total. The maximum absolute atomic E-state index is 13.2. The van der Waals surface area contributed by atoms with Crippen LogP contribution in [0.4, 0.5) is 10.3 Å². The van der Waals surface area contributed by atoms with E-state index in [2.05, 4.69) is 26.2 Å². The molecule has 1 atom stereocenters. The van der Waals surface area contributed by atoms with Crippen LogP contribution >= 0.6 is 0 Å². The van der Waals surface area contributed by atoms with Crippen molar-refractivity contribution in [1.82, 2.24) is 29.4 Å². The summed E-state index contributed by atoms with van der Waals surface area (Å²) in [4.78, 5) is 8.82. The maximum Gasteiger partial charge on any atom is 0.240 e. The van der Waals surface area contributed by atoms with Crippen molar-refractivity contribution in [2.75, 3.05) is 5.73 Å². The van der Waals surface area contributed by atoms with Gasteiger partial charge in [0.05, 0.1) is 12.2 Å². The van der Waals surface area contributed by atoms with Gasteiger partial charge < -0.3 is 5.73 Å². The molecule has 0 radical (unpaired) electrons. The number of aryl methyl sites for hydroxylation is 1. The van der Waals surface area contributed by atoms with Crippen molar-refractivity contribution in [1.29, 1.82) is 0 Å². The predicted molar refractivity (Wildman–Crippen MR) is 117 cm³/mol. The van der Waals surface area contributed by atoms with Gasteiger partial charge in [0.25, 0.3) is 0 Å². The summed E-state index contributed by atoms with van der Waals surface area (Å²) >= 11 is 0. The van der Waals surface area contributed by atoms with Crippen molar-refractivity contribution >= 4 is 11.6 Å². The highest BCUT2D eigenvalue weighted by molar-refractivity contribution is 5.74. The highest BCUT2D eigenvalue weighted by atomic mass is 19.1. The van der Waals surface area contributed by atoms with E-state index in [1.807, 2.05) is 55.4 Å². The van der Waals surface area contributed by atoms with Crippen molar-refractivity contribution in [3.63, 3.8) is 0 Å². The molecule has 0 spiro atoms. The van der Waals surface area contributed by atoms with Crippen LogP contribution < -0.4 is 5.73 Å². The number of pyridine rings is 2. The maximum atomic E-state index is 13.2. The van der Waals surface area contributed by atoms with Crippen LogP contribution in [0.25, 0.3) is 27.9 Å². The Hall–Kier alpha value is -4.07. The van der Waals surface area contributed by atoms with E-state index in [0.29, 0.717) is 5.65 Å². The molecule has 4 heterocycles. The second-order valence-electron chi connectivity index (χ2n) is 7.48. The summed E-state index contributed by atoms with van der Waals surface area (Å²) in [5.41, 5.74) is 12.2. The summed E-state index contributed by atoms with van der Waals surface area (Å²) in [7, 11) is 0. The summed E-state index contributed by atoms with van der Waals surface area (Å²) in [5.74, 6) is -0.00909. The predicted octanol–water partition coefficient (Wildman–Crippen LogP) is 4.29. The van der Waals surface area contributed by atoms with Crippen molar-refractivity contribution in [2.24, 2.45) is 0 Å². The first kappa shape index (κ1) is 18.9. The summed E-state index contributed by atoms with van der Waals surface area (Å²) < 4.78 is 16.8. The number of hydrogen-bond acceptors (Lipinski definition) is 5. The first-order valence-electron chi connectivity index (χ1n) is 9.87. The smallest absolute Gasteiger partial charge is 0.240 e. The highest BCUT2D eigenvalue weighted by Crippen LogP contribution is 2.29. The third-order valence-corrected chi connectivity index (χ3v) is 5.44. The third kappa shape index (κ3) is 3.52. The van der Waals surface area contributed by atoms with Gasteiger partial charge in [-0.25, -0.2) is 8.91 Å². The molecule has 0 amide bonds. The Morgan fingerprint density at radius 3 is 2.61 bits per heavy atom. The van der Waals surface area contributed by atoms with Gasteiger partial charge in [0.15, 0.2) is 5.65 Å². The number of nitrogens with zero attached hydrogens (tertiary/aromatic N) is 6. The molecular weight excluding hydrogens is 393 g/mol. The molecule has 5 aromatic rings. The summed E-state index contributed by atoms with van der Waals surface area (Å²) in [6.07, 6.45) is 7.49. The molecule has 0 aliphatic heterocycles. The zero-order valence-electron chi connectivity index (χ0n) is 17.1. The molecule has 154 valence electrons. The summed E-state index contributed by atoms with van der Waals surface area (Å²) in [6.45, 7) is 4.01. The Kier molecular flexibility index (Phi) is 4.47. The van der Waals surface area contributed by atoms with Crippen LogP contribution in [0.1, 0.15) is 24.2 Å². The molecule has 2 N–H and O–H groups in total. The van der Waals surface area contributed by atoms with Crippen LogP contribution in [0.15, 0.2) is 67.3 Å². The molecule has 8 heteroatoms. The van der Waals surface area contributed by atoms with Gasteiger partial charge in [0, 0.05) is 41.0 Å². The lowest BCUT2D eigenvalue weighted by Crippen LogP contribution is -2.06. The molecule has 4 aromatic heterocycles. The molecule has 0 aliphatic carbocycles. The number of anilines is 1. The average molecular weight is 413 g/mol. The number of nitrogen functional groups attached to an aromatic ring is 1. The highest BCUT2D eigenvalue weighted by Gasteiger charge is 2.13. The molecule has 0 bridgehead atoms. The topological polar surface area (TPSA) is 86.9 Å². The van der Waals surface area contributed by atoms with E-state index in [1.54, 1.807) is 16.6 Å². The normalized spacial score (nSPS) is 12.4. The summed E-state index contributed by atoms with van der Waals surface area (Å²) in [6, 6.07) is 12.5. The Balaban J connectivity index is 1.50. The van der Waals surface area contributed by atoms with Gasteiger partial charge in [-0.05, 0) is 55.3 Å². The van der Waals surface area contributed by atoms with Gasteiger partial charge in [-0.2, -0.15) is 10.1 Å². The third-order valence-electron chi connectivity index (χ3n) is 5.44. The number of rotatable bonds is 4. The van der Waals surface area contributed by atoms with Crippen molar-refractivity contribution in [3.8, 4) is 22.3 Å². The fourth-order valence-electron chi connectivity index (χ4n) is 3.64. The van der Waals surface area contributed by atoms with Crippen molar-refractivity contribution < 1.29 is 4.39 Å². The van der Waals surface area contributed by atoms with Gasteiger partial charge in [-0.15, -0.1) is 5.10 Å². The van der Waals surface area contributed by atoms with Crippen LogP contribution in [-0.4, -0.2) is 29.4 Å². The minimum absolute atomic E-state index is 0.0217. The fraction of sp³-hybridized carbons (Fsp3) is 0.130. The minimum atomic E-state index is -0.248. The van der Waals surface area contributed by atoms with Crippen LogP contribution in [0.3, 0.4) is 0 Å². The molecule has 0 aliphatic rings. The van der Waals surface area contributed by atoms with Gasteiger partial charge in [-0.1, -0.05) is 12.1 Å². The van der Waals surface area contributed by atoms with Crippen LogP contribution in [0, 0.1) is 12.7 Å². The molecule has 0 saturated carbocycles. The van der Waals surface area contributed by atoms with E-state index < -0.39 is 0 Å². The van der Waals surface area contributed by atoms with Crippen LogP contribution in [0.2, 0.25) is 0 Å². The Labute approximate surface area is 178 Å². The molecule has 1 aromatic carbocycles. The Morgan fingerprint density at radius 1 is 1.00 bits per heavy atom. The number of halogens is 1. The molecule has 1 unspecified atom stereocenters. The number of fused-ring (bicyclic) bond motifs is 1. The molecular formula is C23H20FN7. The fourth-order valence-corrected chi connectivity index (χ4v) is 3.64. The number of hydrogen-bond donors (Lipinski definition) is 1. The lowest BCUT2D eigenvalue weighted by Gasteiger charge is -2.12.